The zero-order valence-electron chi connectivity index (χ0n) is 9.91. The van der Waals surface area contributed by atoms with Gasteiger partial charge >= 0.3 is 5.97 Å². The van der Waals surface area contributed by atoms with Gasteiger partial charge in [0.15, 0.2) is 5.09 Å². The largest absolute Gasteiger partial charge is 0.475 e. The number of amides is 1. The Bertz CT molecular complexity index is 624. The second-order valence-corrected chi connectivity index (χ2v) is 4.56. The van der Waals surface area contributed by atoms with E-state index in [-0.39, 0.29) is 17.4 Å². The van der Waals surface area contributed by atoms with Crippen LogP contribution in [0.5, 0.6) is 0 Å². The lowest BCUT2D eigenvalue weighted by atomic mass is 10.3. The lowest BCUT2D eigenvalue weighted by molar-refractivity contribution is 0.0656. The number of carboxylic acids is 1. The lowest BCUT2D eigenvalue weighted by Gasteiger charge is -2.01. The number of aromatic nitrogens is 1. The summed E-state index contributed by atoms with van der Waals surface area (Å²) in [7, 11) is 1.52. The van der Waals surface area contributed by atoms with Crippen LogP contribution in [0.1, 0.15) is 21.0 Å². The van der Waals surface area contributed by atoms with Crippen LogP contribution in [0, 0.1) is 0 Å². The van der Waals surface area contributed by atoms with E-state index in [2.05, 4.69) is 10.3 Å². The van der Waals surface area contributed by atoms with Gasteiger partial charge in [-0.1, -0.05) is 11.8 Å². The minimum Gasteiger partial charge on any atom is -0.475 e. The number of nitrogens with zero attached hydrogens (tertiary/aromatic N) is 1. The number of furan rings is 1. The highest BCUT2D eigenvalue weighted by Gasteiger charge is 2.11. The second-order valence-electron chi connectivity index (χ2n) is 3.48. The monoisotopic (exact) mass is 278 g/mol. The number of nitrogens with one attached hydrogen (secondary N) is 1. The first kappa shape index (κ1) is 13.2. The van der Waals surface area contributed by atoms with E-state index >= 15 is 0 Å². The third kappa shape index (κ3) is 3.14. The molecule has 0 aliphatic heterocycles. The van der Waals surface area contributed by atoms with Gasteiger partial charge in [0.25, 0.3) is 5.91 Å². The van der Waals surface area contributed by atoms with Crippen LogP contribution in [0.25, 0.3) is 0 Å². The van der Waals surface area contributed by atoms with E-state index < -0.39 is 5.97 Å². The van der Waals surface area contributed by atoms with Crippen molar-refractivity contribution in [2.45, 2.75) is 9.99 Å². The van der Waals surface area contributed by atoms with Gasteiger partial charge in [-0.2, -0.15) is 0 Å². The van der Waals surface area contributed by atoms with Crippen molar-refractivity contribution in [3.8, 4) is 0 Å². The molecule has 0 aliphatic rings. The lowest BCUT2D eigenvalue weighted by Crippen LogP contribution is -2.18. The number of carbonyl (C=O) groups excluding carboxylic acids is 1. The first-order valence-corrected chi connectivity index (χ1v) is 6.11. The summed E-state index contributed by atoms with van der Waals surface area (Å²) in [5.74, 6) is -1.52. The molecule has 1 amide bonds. The molecule has 0 saturated heterocycles. The van der Waals surface area contributed by atoms with E-state index in [9.17, 15) is 9.59 Å². The number of rotatable bonds is 4. The molecule has 6 nitrogen and oxygen atoms in total. The van der Waals surface area contributed by atoms with Gasteiger partial charge in [0.2, 0.25) is 5.76 Å². The minimum atomic E-state index is -1.12. The molecule has 0 aromatic carbocycles. The number of carboxylic acid groups (broad SMARTS) is 1. The molecule has 0 fully saturated rings. The van der Waals surface area contributed by atoms with Gasteiger partial charge in [0.1, 0.15) is 5.69 Å². The predicted octanol–water partition coefficient (Wildman–Crippen LogP) is 1.88. The van der Waals surface area contributed by atoms with Crippen LogP contribution >= 0.6 is 11.8 Å². The van der Waals surface area contributed by atoms with Crippen molar-refractivity contribution in [2.24, 2.45) is 0 Å². The summed E-state index contributed by atoms with van der Waals surface area (Å²) >= 11 is 1.22. The molecule has 0 unspecified atom stereocenters. The normalized spacial score (nSPS) is 10.2. The number of aromatic carboxylic acids is 1. The molecule has 2 N–H and O–H groups in total. The summed E-state index contributed by atoms with van der Waals surface area (Å²) in [4.78, 5) is 26.8. The number of pyridine rings is 1. The van der Waals surface area contributed by atoms with Crippen molar-refractivity contribution in [2.75, 3.05) is 7.05 Å². The molecule has 0 atom stereocenters. The average Bonchev–Trinajstić information content (AvgIpc) is 2.87. The first-order chi connectivity index (χ1) is 9.10. The minimum absolute atomic E-state index is 0.122. The summed E-state index contributed by atoms with van der Waals surface area (Å²) in [6.07, 6.45) is 1.51. The fraction of sp³-hybridized carbons (Fsp3) is 0.0833. The molecule has 2 aromatic rings. The Kier molecular flexibility index (Phi) is 3.86. The smallest absolute Gasteiger partial charge is 0.371 e. The first-order valence-electron chi connectivity index (χ1n) is 5.29. The molecule has 0 aliphatic carbocycles. The molecule has 19 heavy (non-hydrogen) atoms. The van der Waals surface area contributed by atoms with Crippen LogP contribution < -0.4 is 5.32 Å². The SMILES string of the molecule is CNC(=O)c1cc(Sc2ccc(C(=O)O)o2)ccn1. The maximum atomic E-state index is 11.4. The molecule has 0 bridgehead atoms. The van der Waals surface area contributed by atoms with E-state index in [1.807, 2.05) is 0 Å². The van der Waals surface area contributed by atoms with Crippen molar-refractivity contribution in [3.63, 3.8) is 0 Å². The Morgan fingerprint density at radius 1 is 1.37 bits per heavy atom. The van der Waals surface area contributed by atoms with Gasteiger partial charge < -0.3 is 14.8 Å². The molecule has 2 heterocycles. The molecular weight excluding hydrogens is 268 g/mol. The van der Waals surface area contributed by atoms with Crippen molar-refractivity contribution in [1.29, 1.82) is 0 Å². The quantitative estimate of drug-likeness (QED) is 0.887. The Balaban J connectivity index is 2.18. The summed E-state index contributed by atoms with van der Waals surface area (Å²) < 4.78 is 5.12. The molecule has 0 radical (unpaired) electrons. The number of hydrogen-bond donors (Lipinski definition) is 2. The molecule has 0 spiro atoms. The Labute approximate surface area is 112 Å². The topological polar surface area (TPSA) is 92.4 Å². The Morgan fingerprint density at radius 2 is 2.16 bits per heavy atom. The van der Waals surface area contributed by atoms with E-state index in [1.54, 1.807) is 18.2 Å². The van der Waals surface area contributed by atoms with E-state index in [0.29, 0.717) is 5.09 Å². The van der Waals surface area contributed by atoms with Gasteiger partial charge in [-0.15, -0.1) is 0 Å². The molecular formula is C12H10N2O4S. The fourth-order valence-corrected chi connectivity index (χ4v) is 2.13. The van der Waals surface area contributed by atoms with Crippen LogP contribution in [-0.2, 0) is 0 Å². The zero-order chi connectivity index (χ0) is 13.8. The third-order valence-corrected chi connectivity index (χ3v) is 3.11. The maximum Gasteiger partial charge on any atom is 0.371 e. The highest BCUT2D eigenvalue weighted by atomic mass is 32.2. The van der Waals surface area contributed by atoms with E-state index in [4.69, 9.17) is 9.52 Å². The predicted molar refractivity (Wildman–Crippen MR) is 67.4 cm³/mol. The number of hydrogen-bond acceptors (Lipinski definition) is 5. The van der Waals surface area contributed by atoms with Crippen LogP contribution in [0.2, 0.25) is 0 Å². The van der Waals surface area contributed by atoms with E-state index in [1.165, 1.54) is 31.1 Å². The molecule has 2 rings (SSSR count). The average molecular weight is 278 g/mol. The maximum absolute atomic E-state index is 11.4. The molecule has 7 heteroatoms. The van der Waals surface area contributed by atoms with Crippen LogP contribution in [0.15, 0.2) is 44.9 Å². The fourth-order valence-electron chi connectivity index (χ4n) is 1.33. The van der Waals surface area contributed by atoms with Gasteiger partial charge in [-0.05, 0) is 24.3 Å². The second kappa shape index (κ2) is 5.57. The third-order valence-electron chi connectivity index (χ3n) is 2.20. The zero-order valence-corrected chi connectivity index (χ0v) is 10.7. The summed E-state index contributed by atoms with van der Waals surface area (Å²) in [5.41, 5.74) is 0.289. The Hall–Kier alpha value is -2.28. The Morgan fingerprint density at radius 3 is 2.79 bits per heavy atom. The van der Waals surface area contributed by atoms with Gasteiger partial charge in [-0.25, -0.2) is 4.79 Å². The van der Waals surface area contributed by atoms with Crippen LogP contribution in [0.4, 0.5) is 0 Å². The van der Waals surface area contributed by atoms with Crippen LogP contribution in [0.3, 0.4) is 0 Å². The summed E-state index contributed by atoms with van der Waals surface area (Å²) in [6, 6.07) is 6.26. The molecule has 98 valence electrons. The van der Waals surface area contributed by atoms with E-state index in [0.717, 1.165) is 4.90 Å². The van der Waals surface area contributed by atoms with Crippen LogP contribution in [-0.4, -0.2) is 29.0 Å². The van der Waals surface area contributed by atoms with Crippen molar-refractivity contribution >= 4 is 23.6 Å². The highest BCUT2D eigenvalue weighted by molar-refractivity contribution is 7.99. The van der Waals surface area contributed by atoms with Gasteiger partial charge in [-0.3, -0.25) is 9.78 Å². The number of carbonyl (C=O) groups is 2. The molecule has 2 aromatic heterocycles. The van der Waals surface area contributed by atoms with Crippen molar-refractivity contribution < 1.29 is 19.1 Å². The summed E-state index contributed by atoms with van der Waals surface area (Å²) in [6.45, 7) is 0. The van der Waals surface area contributed by atoms with Crippen molar-refractivity contribution in [1.82, 2.24) is 10.3 Å². The van der Waals surface area contributed by atoms with Crippen molar-refractivity contribution in [3.05, 3.63) is 41.9 Å². The van der Waals surface area contributed by atoms with Gasteiger partial charge in [0.05, 0.1) is 0 Å². The van der Waals surface area contributed by atoms with Gasteiger partial charge in [0, 0.05) is 18.1 Å². The summed E-state index contributed by atoms with van der Waals surface area (Å²) in [5, 5.41) is 11.7. The standard InChI is InChI=1S/C12H10N2O4S/c1-13-11(15)8-6-7(4-5-14-8)19-10-3-2-9(18-10)12(16)17/h2-6H,1H3,(H,13,15)(H,16,17). The highest BCUT2D eigenvalue weighted by Crippen LogP contribution is 2.29. The molecule has 0 saturated carbocycles.